The van der Waals surface area contributed by atoms with Crippen molar-refractivity contribution in [3.8, 4) is 5.75 Å². The van der Waals surface area contributed by atoms with Gasteiger partial charge in [0.05, 0.1) is 6.61 Å². The molecule has 0 amide bonds. The number of benzene rings is 1. The van der Waals surface area contributed by atoms with Crippen LogP contribution in [0.15, 0.2) is 36.5 Å². The van der Waals surface area contributed by atoms with Gasteiger partial charge in [0.15, 0.2) is 0 Å². The number of nitrogens with zero attached hydrogens (tertiary/aromatic N) is 3. The van der Waals surface area contributed by atoms with Gasteiger partial charge in [0, 0.05) is 30.9 Å². The topological polar surface area (TPSA) is 38.2 Å². The van der Waals surface area contributed by atoms with Crippen LogP contribution < -0.4 is 9.64 Å². The molecule has 0 aliphatic carbocycles. The maximum absolute atomic E-state index is 5.96. The third-order valence-electron chi connectivity index (χ3n) is 3.92. The standard InChI is InChI=1S/C17H21N3O/c1-13-5-3-4-6-16(13)21-12-15-8-10-20(11-15)17-18-9-7-14(2)19-17/h3-7,9,15H,8,10-12H2,1-2H3. The second-order valence-corrected chi connectivity index (χ2v) is 5.68. The summed E-state index contributed by atoms with van der Waals surface area (Å²) < 4.78 is 5.96. The van der Waals surface area contributed by atoms with Gasteiger partial charge in [-0.1, -0.05) is 18.2 Å². The average Bonchev–Trinajstić information content (AvgIpc) is 2.95. The van der Waals surface area contributed by atoms with E-state index in [2.05, 4.69) is 27.9 Å². The lowest BCUT2D eigenvalue weighted by molar-refractivity contribution is 0.259. The summed E-state index contributed by atoms with van der Waals surface area (Å²) in [6, 6.07) is 10.1. The van der Waals surface area contributed by atoms with Gasteiger partial charge in [-0.3, -0.25) is 0 Å². The summed E-state index contributed by atoms with van der Waals surface area (Å²) in [7, 11) is 0. The molecule has 1 atom stereocenters. The molecule has 4 nitrogen and oxygen atoms in total. The number of para-hydroxylation sites is 1. The summed E-state index contributed by atoms with van der Waals surface area (Å²) in [5.41, 5.74) is 2.20. The molecular formula is C17H21N3O. The molecule has 1 aromatic carbocycles. The second kappa shape index (κ2) is 6.12. The van der Waals surface area contributed by atoms with Crippen molar-refractivity contribution in [1.82, 2.24) is 9.97 Å². The zero-order valence-electron chi connectivity index (χ0n) is 12.6. The fourth-order valence-electron chi connectivity index (χ4n) is 2.66. The molecule has 21 heavy (non-hydrogen) atoms. The van der Waals surface area contributed by atoms with Crippen LogP contribution in [0.1, 0.15) is 17.7 Å². The van der Waals surface area contributed by atoms with Gasteiger partial charge in [-0.05, 0) is 38.0 Å². The fourth-order valence-corrected chi connectivity index (χ4v) is 2.66. The first-order chi connectivity index (χ1) is 10.2. The van der Waals surface area contributed by atoms with E-state index in [1.165, 1.54) is 5.56 Å². The van der Waals surface area contributed by atoms with Crippen LogP contribution >= 0.6 is 0 Å². The lowest BCUT2D eigenvalue weighted by atomic mass is 10.1. The Morgan fingerprint density at radius 1 is 1.24 bits per heavy atom. The quantitative estimate of drug-likeness (QED) is 0.864. The number of hydrogen-bond donors (Lipinski definition) is 0. The molecule has 0 saturated carbocycles. The first-order valence-corrected chi connectivity index (χ1v) is 7.45. The normalized spacial score (nSPS) is 18.0. The van der Waals surface area contributed by atoms with Crippen molar-refractivity contribution >= 4 is 5.95 Å². The van der Waals surface area contributed by atoms with Crippen molar-refractivity contribution in [2.45, 2.75) is 20.3 Å². The maximum atomic E-state index is 5.96. The largest absolute Gasteiger partial charge is 0.493 e. The van der Waals surface area contributed by atoms with E-state index in [0.717, 1.165) is 43.5 Å². The minimum atomic E-state index is 0.536. The minimum Gasteiger partial charge on any atom is -0.493 e. The Morgan fingerprint density at radius 3 is 2.90 bits per heavy atom. The van der Waals surface area contributed by atoms with Gasteiger partial charge in [0.2, 0.25) is 5.95 Å². The van der Waals surface area contributed by atoms with Crippen LogP contribution in [0.5, 0.6) is 5.75 Å². The van der Waals surface area contributed by atoms with Crippen LogP contribution in [0, 0.1) is 19.8 Å². The third-order valence-corrected chi connectivity index (χ3v) is 3.92. The smallest absolute Gasteiger partial charge is 0.225 e. The zero-order valence-corrected chi connectivity index (χ0v) is 12.6. The predicted octanol–water partition coefficient (Wildman–Crippen LogP) is 3.00. The Morgan fingerprint density at radius 2 is 2.10 bits per heavy atom. The number of anilines is 1. The van der Waals surface area contributed by atoms with E-state index >= 15 is 0 Å². The highest BCUT2D eigenvalue weighted by molar-refractivity contribution is 5.33. The summed E-state index contributed by atoms with van der Waals surface area (Å²) in [6.45, 7) is 6.81. The van der Waals surface area contributed by atoms with Crippen molar-refractivity contribution in [3.05, 3.63) is 47.8 Å². The summed E-state index contributed by atoms with van der Waals surface area (Å²) in [6.07, 6.45) is 2.96. The molecule has 2 aromatic rings. The van der Waals surface area contributed by atoms with Gasteiger partial charge in [-0.25, -0.2) is 9.97 Å². The van der Waals surface area contributed by atoms with Gasteiger partial charge in [-0.15, -0.1) is 0 Å². The Kier molecular flexibility index (Phi) is 4.04. The molecule has 0 bridgehead atoms. The monoisotopic (exact) mass is 283 g/mol. The van der Waals surface area contributed by atoms with Crippen LogP contribution in [0.3, 0.4) is 0 Å². The average molecular weight is 283 g/mol. The third kappa shape index (κ3) is 3.32. The highest BCUT2D eigenvalue weighted by atomic mass is 16.5. The highest BCUT2D eigenvalue weighted by Crippen LogP contribution is 2.23. The number of rotatable bonds is 4. The van der Waals surface area contributed by atoms with Crippen molar-refractivity contribution in [2.75, 3.05) is 24.6 Å². The van der Waals surface area contributed by atoms with E-state index in [1.807, 2.05) is 37.4 Å². The summed E-state index contributed by atoms with van der Waals surface area (Å²) in [5, 5.41) is 0. The van der Waals surface area contributed by atoms with Gasteiger partial charge in [0.1, 0.15) is 5.75 Å². The van der Waals surface area contributed by atoms with E-state index in [0.29, 0.717) is 5.92 Å². The zero-order chi connectivity index (χ0) is 14.7. The molecule has 1 aromatic heterocycles. The van der Waals surface area contributed by atoms with E-state index < -0.39 is 0 Å². The van der Waals surface area contributed by atoms with E-state index in [9.17, 15) is 0 Å². The second-order valence-electron chi connectivity index (χ2n) is 5.68. The molecule has 0 N–H and O–H groups in total. The first-order valence-electron chi connectivity index (χ1n) is 7.45. The Bertz CT molecular complexity index is 614. The fraction of sp³-hybridized carbons (Fsp3) is 0.412. The molecule has 1 unspecified atom stereocenters. The van der Waals surface area contributed by atoms with E-state index in [-0.39, 0.29) is 0 Å². The van der Waals surface area contributed by atoms with Crippen LogP contribution in [0.2, 0.25) is 0 Å². The van der Waals surface area contributed by atoms with Gasteiger partial charge in [-0.2, -0.15) is 0 Å². The highest BCUT2D eigenvalue weighted by Gasteiger charge is 2.25. The molecule has 3 rings (SSSR count). The molecule has 1 aliphatic heterocycles. The Hall–Kier alpha value is -2.10. The van der Waals surface area contributed by atoms with E-state index in [4.69, 9.17) is 4.74 Å². The van der Waals surface area contributed by atoms with Crippen LogP contribution in [0.4, 0.5) is 5.95 Å². The predicted molar refractivity (Wildman–Crippen MR) is 83.8 cm³/mol. The Labute approximate surface area is 125 Å². The SMILES string of the molecule is Cc1ccnc(N2CCC(COc3ccccc3C)C2)n1. The lowest BCUT2D eigenvalue weighted by Gasteiger charge is -2.17. The van der Waals surface area contributed by atoms with E-state index in [1.54, 1.807) is 0 Å². The molecule has 4 heteroatoms. The number of aromatic nitrogens is 2. The number of hydrogen-bond acceptors (Lipinski definition) is 4. The molecule has 1 saturated heterocycles. The maximum Gasteiger partial charge on any atom is 0.225 e. The Balaban J connectivity index is 1.57. The van der Waals surface area contributed by atoms with Crippen LogP contribution in [0.25, 0.3) is 0 Å². The van der Waals surface area contributed by atoms with Gasteiger partial charge >= 0.3 is 0 Å². The molecule has 0 spiro atoms. The molecule has 110 valence electrons. The molecule has 2 heterocycles. The first kappa shape index (κ1) is 13.9. The minimum absolute atomic E-state index is 0.536. The lowest BCUT2D eigenvalue weighted by Crippen LogP contribution is -2.24. The van der Waals surface area contributed by atoms with Crippen molar-refractivity contribution in [2.24, 2.45) is 5.92 Å². The van der Waals surface area contributed by atoms with Gasteiger partial charge in [0.25, 0.3) is 0 Å². The van der Waals surface area contributed by atoms with Crippen molar-refractivity contribution < 1.29 is 4.74 Å². The van der Waals surface area contributed by atoms with Crippen molar-refractivity contribution in [3.63, 3.8) is 0 Å². The van der Waals surface area contributed by atoms with Crippen LogP contribution in [-0.2, 0) is 0 Å². The van der Waals surface area contributed by atoms with Gasteiger partial charge < -0.3 is 9.64 Å². The number of ether oxygens (including phenoxy) is 1. The summed E-state index contributed by atoms with van der Waals surface area (Å²) in [5.74, 6) is 2.37. The molecule has 1 aliphatic rings. The summed E-state index contributed by atoms with van der Waals surface area (Å²) >= 11 is 0. The molecular weight excluding hydrogens is 262 g/mol. The van der Waals surface area contributed by atoms with Crippen LogP contribution in [-0.4, -0.2) is 29.7 Å². The number of aryl methyl sites for hydroxylation is 2. The summed E-state index contributed by atoms with van der Waals surface area (Å²) in [4.78, 5) is 11.1. The van der Waals surface area contributed by atoms with Crippen molar-refractivity contribution in [1.29, 1.82) is 0 Å². The molecule has 0 radical (unpaired) electrons. The molecule has 1 fully saturated rings.